The minimum atomic E-state index is -1.15. The normalized spacial score (nSPS) is 16.3. The summed E-state index contributed by atoms with van der Waals surface area (Å²) in [6.07, 6.45) is 22.8. The van der Waals surface area contributed by atoms with E-state index in [0.717, 1.165) is 44.9 Å². The van der Waals surface area contributed by atoms with Crippen LogP contribution in [-0.4, -0.2) is 85.4 Å². The lowest BCUT2D eigenvalue weighted by Crippen LogP contribution is -2.45. The molecular weight excluding hydrogens is 654 g/mol. The van der Waals surface area contributed by atoms with Crippen molar-refractivity contribution in [3.05, 3.63) is 0 Å². The van der Waals surface area contributed by atoms with Gasteiger partial charge in [0.1, 0.15) is 6.04 Å². The average Bonchev–Trinajstić information content (AvgIpc) is 3.11. The van der Waals surface area contributed by atoms with Crippen LogP contribution >= 0.6 is 0 Å². The van der Waals surface area contributed by atoms with Gasteiger partial charge in [-0.15, -0.1) is 0 Å². The number of ether oxygens (including phenoxy) is 2. The summed E-state index contributed by atoms with van der Waals surface area (Å²) in [5.74, 6) is -2.25. The Morgan fingerprint density at radius 1 is 0.608 bits per heavy atom. The van der Waals surface area contributed by atoms with Gasteiger partial charge in [-0.1, -0.05) is 89.9 Å². The number of carbonyl (C=O) groups excluding carboxylic acids is 3. The highest BCUT2D eigenvalue weighted by atomic mass is 16.5. The molecule has 1 aliphatic carbocycles. The van der Waals surface area contributed by atoms with E-state index in [9.17, 15) is 29.1 Å². The van der Waals surface area contributed by atoms with E-state index in [1.54, 1.807) is 0 Å². The highest BCUT2D eigenvalue weighted by Crippen LogP contribution is 2.29. The lowest BCUT2D eigenvalue weighted by molar-refractivity contribution is -0.143. The molecule has 0 saturated heterocycles. The molecule has 0 unspecified atom stereocenters. The third kappa shape index (κ3) is 27.6. The van der Waals surface area contributed by atoms with Crippen LogP contribution in [0.2, 0.25) is 0 Å². The van der Waals surface area contributed by atoms with Gasteiger partial charge in [0.05, 0.1) is 19.8 Å². The Balaban J connectivity index is 2.00. The molecule has 1 rings (SSSR count). The van der Waals surface area contributed by atoms with Crippen LogP contribution in [0.4, 0.5) is 0 Å². The molecule has 5 N–H and O–H groups in total. The van der Waals surface area contributed by atoms with Gasteiger partial charge >= 0.3 is 11.9 Å². The molecule has 0 bridgehead atoms. The van der Waals surface area contributed by atoms with E-state index in [1.807, 2.05) is 6.92 Å². The topological polar surface area (TPSA) is 180 Å². The number of hydrogen-bond donors (Lipinski definition) is 5. The summed E-state index contributed by atoms with van der Waals surface area (Å²) >= 11 is 0. The molecule has 0 aromatic carbocycles. The van der Waals surface area contributed by atoms with Crippen molar-refractivity contribution >= 4 is 29.7 Å². The molecule has 1 fully saturated rings. The first kappa shape index (κ1) is 46.3. The molecule has 12 nitrogen and oxygen atoms in total. The van der Waals surface area contributed by atoms with Gasteiger partial charge < -0.3 is 35.6 Å². The number of rotatable bonds is 34. The number of nitrogens with one attached hydrogen (secondary N) is 3. The zero-order valence-corrected chi connectivity index (χ0v) is 31.7. The van der Waals surface area contributed by atoms with E-state index >= 15 is 0 Å². The molecular formula is C39H71N3O9. The van der Waals surface area contributed by atoms with E-state index in [2.05, 4.69) is 16.0 Å². The second-order valence-electron chi connectivity index (χ2n) is 14.2. The minimum Gasteiger partial charge on any atom is -0.481 e. The number of unbranched alkanes of at least 4 members (excludes halogenated alkanes) is 15. The van der Waals surface area contributed by atoms with Crippen molar-refractivity contribution in [3.63, 3.8) is 0 Å². The van der Waals surface area contributed by atoms with Gasteiger partial charge in [-0.05, 0) is 57.8 Å². The van der Waals surface area contributed by atoms with Crippen molar-refractivity contribution in [2.75, 3.05) is 39.5 Å². The maximum Gasteiger partial charge on any atom is 0.326 e. The van der Waals surface area contributed by atoms with Crippen LogP contribution in [0.5, 0.6) is 0 Å². The smallest absolute Gasteiger partial charge is 0.326 e. The van der Waals surface area contributed by atoms with Crippen molar-refractivity contribution in [1.29, 1.82) is 0 Å². The van der Waals surface area contributed by atoms with E-state index in [0.29, 0.717) is 71.1 Å². The first-order chi connectivity index (χ1) is 24.7. The number of amides is 3. The molecule has 1 atom stereocenters. The number of aliphatic carboxylic acids is 2. The zero-order chi connectivity index (χ0) is 37.4. The van der Waals surface area contributed by atoms with Crippen molar-refractivity contribution in [1.82, 2.24) is 16.0 Å². The molecule has 0 aromatic heterocycles. The molecule has 0 aromatic rings. The Kier molecular flexibility index (Phi) is 29.0. The molecule has 51 heavy (non-hydrogen) atoms. The van der Waals surface area contributed by atoms with Gasteiger partial charge in [0.2, 0.25) is 17.7 Å². The van der Waals surface area contributed by atoms with Crippen LogP contribution < -0.4 is 16.0 Å². The standard InChI is InChI=1S/C39H71N3O9/c1-2-50-29-30-51-28-27-40-36(44)26-25-34(39(48)49)42-38(47)33-23-21-32(22-24-33)31-41-35(43)19-17-15-13-11-9-7-5-3-4-6-8-10-12-14-16-18-20-37(45)46/h32-34H,2-31H2,1H3,(H,40,44)(H,41,43)(H,42,47)(H,45,46)(H,48,49)/t32?,33?,34-/m0/s1. The molecule has 0 heterocycles. The molecule has 296 valence electrons. The fourth-order valence-corrected chi connectivity index (χ4v) is 6.55. The Bertz CT molecular complexity index is 941. The lowest BCUT2D eigenvalue weighted by atomic mass is 9.81. The minimum absolute atomic E-state index is 0.00733. The van der Waals surface area contributed by atoms with Crippen LogP contribution in [0.1, 0.15) is 161 Å². The summed E-state index contributed by atoms with van der Waals surface area (Å²) in [6, 6.07) is -1.12. The number of carbonyl (C=O) groups is 5. The van der Waals surface area contributed by atoms with E-state index in [1.165, 1.54) is 70.6 Å². The highest BCUT2D eigenvalue weighted by molar-refractivity contribution is 5.85. The van der Waals surface area contributed by atoms with E-state index in [-0.39, 0.29) is 36.5 Å². The second-order valence-corrected chi connectivity index (χ2v) is 14.2. The largest absolute Gasteiger partial charge is 0.481 e. The summed E-state index contributed by atoms with van der Waals surface area (Å²) in [5.41, 5.74) is 0. The fraction of sp³-hybridized carbons (Fsp3) is 0.872. The Hall–Kier alpha value is -2.73. The van der Waals surface area contributed by atoms with Crippen LogP contribution in [0, 0.1) is 11.8 Å². The summed E-state index contributed by atoms with van der Waals surface area (Å²) in [5, 5.41) is 26.6. The van der Waals surface area contributed by atoms with Crippen LogP contribution in [0.3, 0.4) is 0 Å². The molecule has 1 saturated carbocycles. The highest BCUT2D eigenvalue weighted by Gasteiger charge is 2.29. The van der Waals surface area contributed by atoms with Gasteiger partial charge in [-0.3, -0.25) is 19.2 Å². The SMILES string of the molecule is CCOCCOCCNC(=O)CC[C@H](NC(=O)C1CCC(CNC(=O)CCCCCCCCCCCCCCCCCCC(=O)O)CC1)C(=O)O. The van der Waals surface area contributed by atoms with Gasteiger partial charge in [0.15, 0.2) is 0 Å². The van der Waals surface area contributed by atoms with E-state index < -0.39 is 18.0 Å². The summed E-state index contributed by atoms with van der Waals surface area (Å²) in [4.78, 5) is 59.5. The van der Waals surface area contributed by atoms with Crippen molar-refractivity contribution in [3.8, 4) is 0 Å². The van der Waals surface area contributed by atoms with Crippen molar-refractivity contribution < 1.29 is 43.7 Å². The third-order valence-electron chi connectivity index (χ3n) is 9.77. The van der Waals surface area contributed by atoms with Crippen molar-refractivity contribution in [2.45, 2.75) is 167 Å². The molecule has 0 spiro atoms. The van der Waals surface area contributed by atoms with Crippen molar-refractivity contribution in [2.24, 2.45) is 11.8 Å². The molecule has 1 aliphatic rings. The van der Waals surface area contributed by atoms with Gasteiger partial charge in [0, 0.05) is 44.9 Å². The van der Waals surface area contributed by atoms with Gasteiger partial charge in [-0.2, -0.15) is 0 Å². The molecule has 3 amide bonds. The van der Waals surface area contributed by atoms with Gasteiger partial charge in [-0.25, -0.2) is 4.79 Å². The second kappa shape index (κ2) is 32.0. The molecule has 0 aliphatic heterocycles. The summed E-state index contributed by atoms with van der Waals surface area (Å²) < 4.78 is 10.5. The first-order valence-electron chi connectivity index (χ1n) is 20.2. The third-order valence-corrected chi connectivity index (χ3v) is 9.77. The lowest BCUT2D eigenvalue weighted by Gasteiger charge is -2.28. The van der Waals surface area contributed by atoms with E-state index in [4.69, 9.17) is 14.6 Å². The number of hydrogen-bond acceptors (Lipinski definition) is 7. The number of carboxylic acids is 2. The maximum atomic E-state index is 12.8. The quantitative estimate of drug-likeness (QED) is 0.0461. The summed E-state index contributed by atoms with van der Waals surface area (Å²) in [6.45, 7) is 4.75. The predicted octanol–water partition coefficient (Wildman–Crippen LogP) is 6.53. The van der Waals surface area contributed by atoms with Crippen LogP contribution in [-0.2, 0) is 33.4 Å². The fourth-order valence-electron chi connectivity index (χ4n) is 6.55. The van der Waals surface area contributed by atoms with Crippen LogP contribution in [0.25, 0.3) is 0 Å². The monoisotopic (exact) mass is 726 g/mol. The Labute approximate surface area is 307 Å². The maximum absolute atomic E-state index is 12.8. The molecule has 12 heteroatoms. The van der Waals surface area contributed by atoms with Gasteiger partial charge in [0.25, 0.3) is 0 Å². The summed E-state index contributed by atoms with van der Waals surface area (Å²) in [7, 11) is 0. The van der Waals surface area contributed by atoms with Crippen LogP contribution in [0.15, 0.2) is 0 Å². The molecule has 0 radical (unpaired) electrons. The number of carboxylic acid groups (broad SMARTS) is 2. The first-order valence-corrected chi connectivity index (χ1v) is 20.2. The zero-order valence-electron chi connectivity index (χ0n) is 31.7. The Morgan fingerprint density at radius 2 is 1.10 bits per heavy atom. The average molecular weight is 726 g/mol. The predicted molar refractivity (Wildman–Crippen MR) is 198 cm³/mol. The Morgan fingerprint density at radius 3 is 1.61 bits per heavy atom.